The van der Waals surface area contributed by atoms with Crippen LogP contribution in [-0.4, -0.2) is 21.7 Å². The van der Waals surface area contributed by atoms with E-state index in [1.165, 1.54) is 22.4 Å². The molecule has 0 spiro atoms. The van der Waals surface area contributed by atoms with Gasteiger partial charge in [0, 0.05) is 12.1 Å². The van der Waals surface area contributed by atoms with Gasteiger partial charge >= 0.3 is 0 Å². The van der Waals surface area contributed by atoms with E-state index in [2.05, 4.69) is 22.5 Å². The third-order valence-electron chi connectivity index (χ3n) is 4.36. The van der Waals surface area contributed by atoms with E-state index < -0.39 is 0 Å². The van der Waals surface area contributed by atoms with Gasteiger partial charge in [0.2, 0.25) is 0 Å². The van der Waals surface area contributed by atoms with Gasteiger partial charge in [-0.05, 0) is 37.0 Å². The lowest BCUT2D eigenvalue weighted by molar-refractivity contribution is 0.0931. The topological polar surface area (TPSA) is 64.0 Å². The standard InChI is InChI=1S/C22H23N3O2/c1-17(12-13-18-8-4-2-5-9-18)23-22(27)20-14-15-21(26)25(24-20)16-19-10-6-3-7-11-19/h2-11,14-15,17H,12-13,16H2,1H3,(H,23,27). The molecule has 0 aliphatic heterocycles. The molecule has 1 atom stereocenters. The second-order valence-corrected chi connectivity index (χ2v) is 6.60. The molecule has 1 unspecified atom stereocenters. The number of hydrogen-bond donors (Lipinski definition) is 1. The number of carbonyl (C=O) groups excluding carboxylic acids is 1. The normalized spacial score (nSPS) is 11.7. The molecule has 2 aromatic carbocycles. The fourth-order valence-electron chi connectivity index (χ4n) is 2.84. The van der Waals surface area contributed by atoms with Gasteiger partial charge in [-0.3, -0.25) is 9.59 Å². The number of amides is 1. The van der Waals surface area contributed by atoms with Gasteiger partial charge in [-0.1, -0.05) is 60.7 Å². The summed E-state index contributed by atoms with van der Waals surface area (Å²) in [6.45, 7) is 2.31. The fourth-order valence-corrected chi connectivity index (χ4v) is 2.84. The van der Waals surface area contributed by atoms with Crippen molar-refractivity contribution >= 4 is 5.91 Å². The second-order valence-electron chi connectivity index (χ2n) is 6.60. The van der Waals surface area contributed by atoms with Gasteiger partial charge in [0.1, 0.15) is 5.69 Å². The van der Waals surface area contributed by atoms with E-state index in [0.717, 1.165) is 18.4 Å². The second kappa shape index (κ2) is 8.94. The van der Waals surface area contributed by atoms with E-state index in [9.17, 15) is 9.59 Å². The van der Waals surface area contributed by atoms with Crippen LogP contribution >= 0.6 is 0 Å². The summed E-state index contributed by atoms with van der Waals surface area (Å²) >= 11 is 0. The van der Waals surface area contributed by atoms with Crippen LogP contribution in [-0.2, 0) is 13.0 Å². The zero-order chi connectivity index (χ0) is 19.1. The van der Waals surface area contributed by atoms with E-state index in [4.69, 9.17) is 0 Å². The largest absolute Gasteiger partial charge is 0.348 e. The van der Waals surface area contributed by atoms with Crippen molar-refractivity contribution in [2.45, 2.75) is 32.4 Å². The summed E-state index contributed by atoms with van der Waals surface area (Å²) in [5.74, 6) is -0.266. The number of aryl methyl sites for hydroxylation is 1. The molecule has 0 fully saturated rings. The van der Waals surface area contributed by atoms with Crippen LogP contribution in [0.5, 0.6) is 0 Å². The Labute approximate surface area is 158 Å². The summed E-state index contributed by atoms with van der Waals surface area (Å²) in [5.41, 5.74) is 2.22. The van der Waals surface area contributed by atoms with Gasteiger partial charge in [0.25, 0.3) is 11.5 Å². The molecule has 3 rings (SSSR count). The number of nitrogens with zero attached hydrogens (tertiary/aromatic N) is 2. The smallest absolute Gasteiger partial charge is 0.271 e. The summed E-state index contributed by atoms with van der Waals surface area (Å²) < 4.78 is 1.32. The first-order chi connectivity index (χ1) is 13.1. The number of carbonyl (C=O) groups is 1. The summed E-state index contributed by atoms with van der Waals surface area (Å²) in [6, 6.07) is 22.6. The monoisotopic (exact) mass is 361 g/mol. The lowest BCUT2D eigenvalue weighted by Gasteiger charge is -2.14. The van der Waals surface area contributed by atoms with Crippen LogP contribution < -0.4 is 10.9 Å². The van der Waals surface area contributed by atoms with Crippen LogP contribution in [0.4, 0.5) is 0 Å². The summed E-state index contributed by atoms with van der Waals surface area (Å²) in [6.07, 6.45) is 1.72. The van der Waals surface area contributed by atoms with Gasteiger partial charge in [0.15, 0.2) is 0 Å². The van der Waals surface area contributed by atoms with Gasteiger partial charge in [-0.15, -0.1) is 0 Å². The van der Waals surface area contributed by atoms with E-state index >= 15 is 0 Å². The highest BCUT2D eigenvalue weighted by Gasteiger charge is 2.13. The van der Waals surface area contributed by atoms with Gasteiger partial charge < -0.3 is 5.32 Å². The first-order valence-corrected chi connectivity index (χ1v) is 9.09. The first-order valence-electron chi connectivity index (χ1n) is 9.09. The highest BCUT2D eigenvalue weighted by atomic mass is 16.2. The predicted molar refractivity (Wildman–Crippen MR) is 106 cm³/mol. The molecule has 1 heterocycles. The molecule has 0 aliphatic rings. The third-order valence-corrected chi connectivity index (χ3v) is 4.36. The first kappa shape index (κ1) is 18.6. The molecule has 0 saturated heterocycles. The van der Waals surface area contributed by atoms with Gasteiger partial charge in [-0.25, -0.2) is 4.68 Å². The zero-order valence-electron chi connectivity index (χ0n) is 15.3. The molecular weight excluding hydrogens is 338 g/mol. The van der Waals surface area contributed by atoms with Crippen molar-refractivity contribution in [3.8, 4) is 0 Å². The number of hydrogen-bond acceptors (Lipinski definition) is 3. The third kappa shape index (κ3) is 5.38. The molecule has 3 aromatic rings. The van der Waals surface area contributed by atoms with Crippen molar-refractivity contribution in [1.29, 1.82) is 0 Å². The van der Waals surface area contributed by atoms with E-state index in [1.807, 2.05) is 55.5 Å². The Hall–Kier alpha value is -3.21. The molecule has 1 N–H and O–H groups in total. The van der Waals surface area contributed by atoms with Crippen LogP contribution in [0.25, 0.3) is 0 Å². The van der Waals surface area contributed by atoms with Crippen LogP contribution in [0.1, 0.15) is 35.0 Å². The van der Waals surface area contributed by atoms with Crippen LogP contribution in [0, 0.1) is 0 Å². The van der Waals surface area contributed by atoms with Gasteiger partial charge in [0.05, 0.1) is 6.54 Å². The minimum absolute atomic E-state index is 0.00834. The van der Waals surface area contributed by atoms with Gasteiger partial charge in [-0.2, -0.15) is 5.10 Å². The Morgan fingerprint density at radius 3 is 2.26 bits per heavy atom. The molecule has 27 heavy (non-hydrogen) atoms. The van der Waals surface area contributed by atoms with E-state index in [1.54, 1.807) is 0 Å². The average molecular weight is 361 g/mol. The molecule has 0 aliphatic carbocycles. The maximum absolute atomic E-state index is 12.5. The summed E-state index contributed by atoms with van der Waals surface area (Å²) in [7, 11) is 0. The molecule has 1 aromatic heterocycles. The molecule has 0 bridgehead atoms. The molecule has 5 heteroatoms. The summed E-state index contributed by atoms with van der Waals surface area (Å²) in [4.78, 5) is 24.5. The van der Waals surface area contributed by atoms with Crippen molar-refractivity contribution in [2.24, 2.45) is 0 Å². The number of nitrogens with one attached hydrogen (secondary N) is 1. The SMILES string of the molecule is CC(CCc1ccccc1)NC(=O)c1ccc(=O)n(Cc2ccccc2)n1. The number of benzene rings is 2. The number of rotatable bonds is 7. The van der Waals surface area contributed by atoms with E-state index in [0.29, 0.717) is 6.54 Å². The Bertz CT molecular complexity index is 937. The fraction of sp³-hybridized carbons (Fsp3) is 0.227. The van der Waals surface area contributed by atoms with Crippen LogP contribution in [0.15, 0.2) is 77.6 Å². The minimum Gasteiger partial charge on any atom is -0.348 e. The molecule has 138 valence electrons. The summed E-state index contributed by atoms with van der Waals surface area (Å²) in [5, 5.41) is 7.19. The van der Waals surface area contributed by atoms with Crippen molar-refractivity contribution in [1.82, 2.24) is 15.1 Å². The quantitative estimate of drug-likeness (QED) is 0.703. The van der Waals surface area contributed by atoms with Crippen molar-refractivity contribution in [2.75, 3.05) is 0 Å². The number of aromatic nitrogens is 2. The molecule has 5 nitrogen and oxygen atoms in total. The highest BCUT2D eigenvalue weighted by molar-refractivity contribution is 5.92. The van der Waals surface area contributed by atoms with Crippen molar-refractivity contribution < 1.29 is 4.79 Å². The van der Waals surface area contributed by atoms with Crippen molar-refractivity contribution in [3.05, 3.63) is 100.0 Å². The van der Waals surface area contributed by atoms with Crippen molar-refractivity contribution in [3.63, 3.8) is 0 Å². The molecular formula is C22H23N3O2. The highest BCUT2D eigenvalue weighted by Crippen LogP contribution is 2.06. The zero-order valence-corrected chi connectivity index (χ0v) is 15.3. The molecule has 0 radical (unpaired) electrons. The maximum atomic E-state index is 12.5. The Morgan fingerprint density at radius 2 is 1.59 bits per heavy atom. The van der Waals surface area contributed by atoms with Crippen LogP contribution in [0.2, 0.25) is 0 Å². The average Bonchev–Trinajstić information content (AvgIpc) is 2.69. The minimum atomic E-state index is -0.266. The Balaban J connectivity index is 1.62. The van der Waals surface area contributed by atoms with E-state index in [-0.39, 0.29) is 23.2 Å². The molecule has 0 saturated carbocycles. The lowest BCUT2D eigenvalue weighted by Crippen LogP contribution is -2.35. The lowest BCUT2D eigenvalue weighted by atomic mass is 10.1. The predicted octanol–water partition coefficient (Wildman–Crippen LogP) is 3.04. The Morgan fingerprint density at radius 1 is 0.963 bits per heavy atom. The maximum Gasteiger partial charge on any atom is 0.271 e. The Kier molecular flexibility index (Phi) is 6.15. The van der Waals surface area contributed by atoms with Crippen LogP contribution in [0.3, 0.4) is 0 Å². The molecule has 1 amide bonds.